The molecule has 0 aliphatic heterocycles. The van der Waals surface area contributed by atoms with E-state index in [2.05, 4.69) is 0 Å². The van der Waals surface area contributed by atoms with Crippen molar-refractivity contribution >= 4 is 57.4 Å². The molecule has 0 aliphatic carbocycles. The Balaban J connectivity index is 0.00000162. The van der Waals surface area contributed by atoms with Crippen molar-refractivity contribution in [3.8, 4) is 5.75 Å². The predicted molar refractivity (Wildman–Crippen MR) is 71.3 cm³/mol. The number of carboxylic acid groups (broad SMARTS) is 1. The molecule has 0 bridgehead atoms. The van der Waals surface area contributed by atoms with Gasteiger partial charge in [0.1, 0.15) is 12.4 Å². The van der Waals surface area contributed by atoms with Crippen molar-refractivity contribution in [2.75, 3.05) is 0 Å². The van der Waals surface area contributed by atoms with E-state index in [-0.39, 0.29) is 56.9 Å². The average molecular weight is 268 g/mol. The minimum absolute atomic E-state index is 0. The summed E-state index contributed by atoms with van der Waals surface area (Å²) < 4.78 is 5.53. The Bertz CT molecular complexity index is 494. The summed E-state index contributed by atoms with van der Waals surface area (Å²) in [7, 11) is 0. The van der Waals surface area contributed by atoms with Crippen LogP contribution in [0, 0.1) is 0 Å². The van der Waals surface area contributed by atoms with E-state index < -0.39 is 5.97 Å². The molecule has 0 aliphatic rings. The van der Waals surface area contributed by atoms with Gasteiger partial charge in [0.05, 0.1) is 5.56 Å². The molecule has 0 spiro atoms. The van der Waals surface area contributed by atoms with Crippen LogP contribution in [-0.4, -0.2) is 62.5 Å². The second kappa shape index (κ2) is 7.71. The maximum absolute atomic E-state index is 10.7. The van der Waals surface area contributed by atoms with E-state index in [9.17, 15) is 4.79 Å². The molecule has 2 aromatic rings. The zero-order valence-corrected chi connectivity index (χ0v) is 9.17. The first-order valence-electron chi connectivity index (χ1n) is 5.26. The SMILES string of the molecule is O=C(O)c1ccc(OCc2ccccc2)cc1.[KH]. The number of hydrogen-bond acceptors (Lipinski definition) is 2. The molecule has 18 heavy (non-hydrogen) atoms. The molecule has 88 valence electrons. The van der Waals surface area contributed by atoms with Crippen LogP contribution in [0.25, 0.3) is 0 Å². The van der Waals surface area contributed by atoms with Crippen molar-refractivity contribution in [2.45, 2.75) is 6.61 Å². The third kappa shape index (κ3) is 4.55. The summed E-state index contributed by atoms with van der Waals surface area (Å²) in [5, 5.41) is 8.74. The number of carbonyl (C=O) groups is 1. The van der Waals surface area contributed by atoms with Crippen LogP contribution in [0.3, 0.4) is 0 Å². The van der Waals surface area contributed by atoms with Crippen LogP contribution >= 0.6 is 0 Å². The van der Waals surface area contributed by atoms with E-state index in [0.29, 0.717) is 12.4 Å². The quantitative estimate of drug-likeness (QED) is 0.866. The van der Waals surface area contributed by atoms with Crippen LogP contribution in [0.15, 0.2) is 54.6 Å². The molecule has 4 heteroatoms. The first kappa shape index (κ1) is 15.4. The van der Waals surface area contributed by atoms with Crippen molar-refractivity contribution in [3.05, 3.63) is 65.7 Å². The van der Waals surface area contributed by atoms with E-state index in [1.54, 1.807) is 12.1 Å². The molecular formula is C14H13KO3. The fourth-order valence-electron chi connectivity index (χ4n) is 1.43. The van der Waals surface area contributed by atoms with Gasteiger partial charge < -0.3 is 9.84 Å². The van der Waals surface area contributed by atoms with Crippen molar-refractivity contribution in [3.63, 3.8) is 0 Å². The van der Waals surface area contributed by atoms with Gasteiger partial charge in [-0.15, -0.1) is 0 Å². The van der Waals surface area contributed by atoms with E-state index in [1.807, 2.05) is 30.3 Å². The number of benzene rings is 2. The molecule has 0 fully saturated rings. The molecule has 2 rings (SSSR count). The van der Waals surface area contributed by atoms with E-state index in [0.717, 1.165) is 5.56 Å². The fourth-order valence-corrected chi connectivity index (χ4v) is 1.43. The first-order chi connectivity index (χ1) is 8.25. The van der Waals surface area contributed by atoms with Crippen LogP contribution in [0.4, 0.5) is 0 Å². The molecule has 0 atom stereocenters. The Labute approximate surface area is 148 Å². The van der Waals surface area contributed by atoms with Crippen LogP contribution in [0.1, 0.15) is 15.9 Å². The van der Waals surface area contributed by atoms with Gasteiger partial charge in [0.25, 0.3) is 0 Å². The normalized spacial score (nSPS) is 9.33. The van der Waals surface area contributed by atoms with Gasteiger partial charge in [-0.3, -0.25) is 0 Å². The Morgan fingerprint density at radius 1 is 1.00 bits per heavy atom. The van der Waals surface area contributed by atoms with E-state index in [4.69, 9.17) is 9.84 Å². The molecular weight excluding hydrogens is 255 g/mol. The summed E-state index contributed by atoms with van der Waals surface area (Å²) in [5.74, 6) is -0.265. The van der Waals surface area contributed by atoms with Crippen LogP contribution < -0.4 is 4.74 Å². The summed E-state index contributed by atoms with van der Waals surface area (Å²) in [6.45, 7) is 0.479. The summed E-state index contributed by atoms with van der Waals surface area (Å²) in [5.41, 5.74) is 1.34. The van der Waals surface area contributed by atoms with E-state index >= 15 is 0 Å². The Morgan fingerprint density at radius 3 is 2.17 bits per heavy atom. The zero-order chi connectivity index (χ0) is 12.1. The van der Waals surface area contributed by atoms with Gasteiger partial charge in [0, 0.05) is 0 Å². The van der Waals surface area contributed by atoms with Gasteiger partial charge in [-0.25, -0.2) is 4.79 Å². The summed E-state index contributed by atoms with van der Waals surface area (Å²) in [6.07, 6.45) is 0. The molecule has 0 radical (unpaired) electrons. The molecule has 3 nitrogen and oxygen atoms in total. The molecule has 0 aromatic heterocycles. The Morgan fingerprint density at radius 2 is 1.61 bits per heavy atom. The molecule has 2 aromatic carbocycles. The zero-order valence-electron chi connectivity index (χ0n) is 9.17. The van der Waals surface area contributed by atoms with Crippen LogP contribution in [0.5, 0.6) is 5.75 Å². The summed E-state index contributed by atoms with van der Waals surface area (Å²) in [4.78, 5) is 10.7. The van der Waals surface area contributed by atoms with Crippen molar-refractivity contribution in [1.82, 2.24) is 0 Å². The topological polar surface area (TPSA) is 46.5 Å². The van der Waals surface area contributed by atoms with Gasteiger partial charge >= 0.3 is 57.4 Å². The number of rotatable bonds is 4. The second-order valence-corrected chi connectivity index (χ2v) is 3.60. The third-order valence-corrected chi connectivity index (χ3v) is 2.35. The Hall–Kier alpha value is -0.654. The van der Waals surface area contributed by atoms with Gasteiger partial charge in [-0.05, 0) is 29.8 Å². The number of hydrogen-bond donors (Lipinski definition) is 1. The molecule has 0 heterocycles. The van der Waals surface area contributed by atoms with Crippen molar-refractivity contribution in [1.29, 1.82) is 0 Å². The van der Waals surface area contributed by atoms with Gasteiger partial charge in [-0.1, -0.05) is 30.3 Å². The molecule has 0 saturated carbocycles. The fraction of sp³-hybridized carbons (Fsp3) is 0.0714. The van der Waals surface area contributed by atoms with Crippen LogP contribution in [0.2, 0.25) is 0 Å². The van der Waals surface area contributed by atoms with Gasteiger partial charge in [0.15, 0.2) is 0 Å². The first-order valence-corrected chi connectivity index (χ1v) is 5.26. The molecule has 1 N–H and O–H groups in total. The van der Waals surface area contributed by atoms with Crippen LogP contribution in [-0.2, 0) is 6.61 Å². The van der Waals surface area contributed by atoms with Crippen molar-refractivity contribution < 1.29 is 14.6 Å². The maximum atomic E-state index is 10.7. The molecule has 0 unspecified atom stereocenters. The standard InChI is InChI=1S/C14H12O3.K.H/c15-14(16)12-6-8-13(9-7-12)17-10-11-4-2-1-3-5-11;;/h1-9H,10H2,(H,15,16);;. The summed E-state index contributed by atoms with van der Waals surface area (Å²) in [6, 6.07) is 16.2. The summed E-state index contributed by atoms with van der Waals surface area (Å²) >= 11 is 0. The van der Waals surface area contributed by atoms with Gasteiger partial charge in [-0.2, -0.15) is 0 Å². The average Bonchev–Trinajstić information content (AvgIpc) is 2.38. The predicted octanol–water partition coefficient (Wildman–Crippen LogP) is 2.32. The molecule has 0 amide bonds. The second-order valence-electron chi connectivity index (χ2n) is 3.60. The van der Waals surface area contributed by atoms with Crippen molar-refractivity contribution in [2.24, 2.45) is 0 Å². The number of ether oxygens (including phenoxy) is 1. The monoisotopic (exact) mass is 268 g/mol. The number of aromatic carboxylic acids is 1. The third-order valence-electron chi connectivity index (χ3n) is 2.35. The Kier molecular flexibility index (Phi) is 6.60. The minimum atomic E-state index is -0.931. The van der Waals surface area contributed by atoms with Gasteiger partial charge in [0.2, 0.25) is 0 Å². The van der Waals surface area contributed by atoms with E-state index in [1.165, 1.54) is 12.1 Å². The number of carboxylic acids is 1. The molecule has 0 saturated heterocycles.